The van der Waals surface area contributed by atoms with Gasteiger partial charge in [-0.2, -0.15) is 0 Å². The fourth-order valence-corrected chi connectivity index (χ4v) is 3.57. The van der Waals surface area contributed by atoms with Crippen molar-refractivity contribution in [3.63, 3.8) is 0 Å². The number of anilines is 1. The van der Waals surface area contributed by atoms with Crippen molar-refractivity contribution in [1.82, 2.24) is 4.98 Å². The minimum absolute atomic E-state index is 0.0897. The number of benzene rings is 1. The zero-order valence-electron chi connectivity index (χ0n) is 10.2. The van der Waals surface area contributed by atoms with E-state index in [4.69, 9.17) is 4.74 Å². The van der Waals surface area contributed by atoms with Gasteiger partial charge in [0.1, 0.15) is 11.5 Å². The van der Waals surface area contributed by atoms with E-state index in [1.165, 1.54) is 25.4 Å². The molecule has 102 valence electrons. The molecule has 1 aromatic carbocycles. The maximum Gasteiger partial charge on any atom is 0.273 e. The summed E-state index contributed by atoms with van der Waals surface area (Å²) in [5, 5.41) is 10.4. The molecule has 0 spiro atoms. The Morgan fingerprint density at radius 3 is 2.68 bits per heavy atom. The zero-order valence-corrected chi connectivity index (χ0v) is 11.9. The number of nitrogens with one attached hydrogen (secondary N) is 1. The molecule has 8 heteroatoms. The number of phenolic OH excluding ortho intramolecular Hbond substituents is 1. The van der Waals surface area contributed by atoms with Crippen LogP contribution in [-0.2, 0) is 10.0 Å². The normalized spacial score (nSPS) is 11.3. The van der Waals surface area contributed by atoms with E-state index in [2.05, 4.69) is 9.71 Å². The molecule has 2 rings (SSSR count). The van der Waals surface area contributed by atoms with Crippen molar-refractivity contribution in [3.8, 4) is 11.5 Å². The molecular formula is C11H12N2O4S2. The molecule has 0 amide bonds. The Balaban J connectivity index is 2.30. The van der Waals surface area contributed by atoms with Gasteiger partial charge in [-0.3, -0.25) is 4.72 Å². The summed E-state index contributed by atoms with van der Waals surface area (Å²) in [5.41, 5.74) is 0.0897. The van der Waals surface area contributed by atoms with Crippen molar-refractivity contribution in [2.75, 3.05) is 11.8 Å². The van der Waals surface area contributed by atoms with Crippen molar-refractivity contribution in [2.45, 2.75) is 11.1 Å². The second-order valence-electron chi connectivity index (χ2n) is 3.69. The number of ether oxygens (including phenoxy) is 1. The monoisotopic (exact) mass is 300 g/mol. The van der Waals surface area contributed by atoms with E-state index in [1.807, 2.05) is 0 Å². The molecule has 0 saturated carbocycles. The summed E-state index contributed by atoms with van der Waals surface area (Å²) in [5.74, 6) is 0.234. The molecular weight excluding hydrogens is 288 g/mol. The van der Waals surface area contributed by atoms with Crippen molar-refractivity contribution >= 4 is 27.0 Å². The number of nitrogens with zero attached hydrogens (tertiary/aromatic N) is 1. The molecule has 0 aliphatic carbocycles. The lowest BCUT2D eigenvalue weighted by Crippen LogP contribution is -2.11. The molecule has 0 aliphatic heterocycles. The van der Waals surface area contributed by atoms with Crippen LogP contribution < -0.4 is 9.46 Å². The molecule has 0 fully saturated rings. The molecule has 0 aliphatic rings. The molecule has 2 N–H and O–H groups in total. The van der Waals surface area contributed by atoms with Crippen LogP contribution in [-0.4, -0.2) is 25.6 Å². The van der Waals surface area contributed by atoms with E-state index in [1.54, 1.807) is 13.0 Å². The smallest absolute Gasteiger partial charge is 0.273 e. The van der Waals surface area contributed by atoms with Gasteiger partial charge in [-0.15, -0.1) is 11.3 Å². The van der Waals surface area contributed by atoms with Crippen LogP contribution in [0.3, 0.4) is 0 Å². The highest BCUT2D eigenvalue weighted by molar-refractivity contribution is 7.94. The fraction of sp³-hybridized carbons (Fsp3) is 0.182. The van der Waals surface area contributed by atoms with Crippen LogP contribution in [0.15, 0.2) is 28.6 Å². The third kappa shape index (κ3) is 2.96. The van der Waals surface area contributed by atoms with Crippen LogP contribution in [0, 0.1) is 6.92 Å². The minimum Gasteiger partial charge on any atom is -0.506 e. The maximum atomic E-state index is 12.0. The van der Waals surface area contributed by atoms with Crippen LogP contribution in [0.1, 0.15) is 5.01 Å². The third-order valence-electron chi connectivity index (χ3n) is 2.31. The first-order valence-electron chi connectivity index (χ1n) is 5.24. The lowest BCUT2D eigenvalue weighted by atomic mass is 10.3. The van der Waals surface area contributed by atoms with Gasteiger partial charge in [0, 0.05) is 6.07 Å². The first-order valence-corrected chi connectivity index (χ1v) is 7.54. The van der Waals surface area contributed by atoms with Crippen molar-refractivity contribution in [1.29, 1.82) is 0 Å². The van der Waals surface area contributed by atoms with Crippen LogP contribution in [0.2, 0.25) is 0 Å². The second kappa shape index (κ2) is 5.06. The molecule has 1 heterocycles. The Morgan fingerprint density at radius 2 is 2.16 bits per heavy atom. The van der Waals surface area contributed by atoms with Gasteiger partial charge < -0.3 is 9.84 Å². The molecule has 0 atom stereocenters. The third-order valence-corrected chi connectivity index (χ3v) is 5.05. The van der Waals surface area contributed by atoms with E-state index >= 15 is 0 Å². The van der Waals surface area contributed by atoms with E-state index in [9.17, 15) is 13.5 Å². The summed E-state index contributed by atoms with van der Waals surface area (Å²) in [4.78, 5) is 3.89. The zero-order chi connectivity index (χ0) is 14.0. The number of hydrogen-bond acceptors (Lipinski definition) is 6. The summed E-state index contributed by atoms with van der Waals surface area (Å²) in [6.07, 6.45) is 1.28. The molecule has 0 unspecified atom stereocenters. The summed E-state index contributed by atoms with van der Waals surface area (Å²) >= 11 is 1.06. The largest absolute Gasteiger partial charge is 0.506 e. The van der Waals surface area contributed by atoms with Gasteiger partial charge in [0.25, 0.3) is 10.0 Å². The minimum atomic E-state index is -3.73. The molecule has 0 saturated heterocycles. The molecule has 0 bridgehead atoms. The molecule has 1 aromatic heterocycles. The van der Waals surface area contributed by atoms with Gasteiger partial charge in [-0.25, -0.2) is 13.4 Å². The van der Waals surface area contributed by atoms with Gasteiger partial charge in [0.15, 0.2) is 4.21 Å². The number of phenols is 1. The molecule has 0 radical (unpaired) electrons. The number of methoxy groups -OCH3 is 1. The SMILES string of the molecule is COc1ccc(NS(=O)(=O)c2cnc(C)s2)c(O)c1. The highest BCUT2D eigenvalue weighted by atomic mass is 32.2. The van der Waals surface area contributed by atoms with E-state index < -0.39 is 10.0 Å². The summed E-state index contributed by atoms with van der Waals surface area (Å²) < 4.78 is 31.4. The summed E-state index contributed by atoms with van der Waals surface area (Å²) in [6, 6.07) is 4.31. The highest BCUT2D eigenvalue weighted by Gasteiger charge is 2.18. The first kappa shape index (κ1) is 13.6. The van der Waals surface area contributed by atoms with E-state index in [-0.39, 0.29) is 15.6 Å². The van der Waals surface area contributed by atoms with Crippen LogP contribution >= 0.6 is 11.3 Å². The number of aromatic hydroxyl groups is 1. The second-order valence-corrected chi connectivity index (χ2v) is 6.83. The number of hydrogen-bond donors (Lipinski definition) is 2. The Hall–Kier alpha value is -1.80. The average Bonchev–Trinajstić information content (AvgIpc) is 2.79. The van der Waals surface area contributed by atoms with E-state index in [0.717, 1.165) is 11.3 Å². The number of thiazole rings is 1. The Kier molecular flexibility index (Phi) is 3.63. The fourth-order valence-electron chi connectivity index (χ4n) is 1.39. The van der Waals surface area contributed by atoms with Crippen molar-refractivity contribution < 1.29 is 18.3 Å². The number of aryl methyl sites for hydroxylation is 1. The van der Waals surface area contributed by atoms with Crippen molar-refractivity contribution in [2.24, 2.45) is 0 Å². The van der Waals surface area contributed by atoms with Crippen LogP contribution in [0.4, 0.5) is 5.69 Å². The van der Waals surface area contributed by atoms with Gasteiger partial charge in [-0.05, 0) is 19.1 Å². The topological polar surface area (TPSA) is 88.5 Å². The standard InChI is InChI=1S/C11H12N2O4S2/c1-7-12-6-11(18-7)19(15,16)13-9-4-3-8(17-2)5-10(9)14/h3-6,13-14H,1-2H3. The summed E-state index contributed by atoms with van der Waals surface area (Å²) in [6.45, 7) is 1.72. The summed E-state index contributed by atoms with van der Waals surface area (Å²) in [7, 11) is -2.27. The number of aromatic nitrogens is 1. The lowest BCUT2D eigenvalue weighted by molar-refractivity contribution is 0.408. The first-order chi connectivity index (χ1) is 8.92. The Labute approximate surface area is 114 Å². The predicted octanol–water partition coefficient (Wildman–Crippen LogP) is 1.97. The van der Waals surface area contributed by atoms with Crippen LogP contribution in [0.5, 0.6) is 11.5 Å². The molecule has 19 heavy (non-hydrogen) atoms. The van der Waals surface area contributed by atoms with Gasteiger partial charge in [-0.1, -0.05) is 0 Å². The van der Waals surface area contributed by atoms with Gasteiger partial charge >= 0.3 is 0 Å². The maximum absolute atomic E-state index is 12.0. The Morgan fingerprint density at radius 1 is 1.42 bits per heavy atom. The highest BCUT2D eigenvalue weighted by Crippen LogP contribution is 2.30. The average molecular weight is 300 g/mol. The number of sulfonamides is 1. The van der Waals surface area contributed by atoms with Crippen LogP contribution in [0.25, 0.3) is 0 Å². The van der Waals surface area contributed by atoms with Crippen molar-refractivity contribution in [3.05, 3.63) is 29.4 Å². The van der Waals surface area contributed by atoms with E-state index in [0.29, 0.717) is 10.8 Å². The number of rotatable bonds is 4. The Bertz CT molecular complexity index is 694. The molecule has 6 nitrogen and oxygen atoms in total. The van der Waals surface area contributed by atoms with Gasteiger partial charge in [0.05, 0.1) is 24.0 Å². The predicted molar refractivity (Wildman–Crippen MR) is 72.3 cm³/mol. The lowest BCUT2D eigenvalue weighted by Gasteiger charge is -2.09. The molecule has 2 aromatic rings. The van der Waals surface area contributed by atoms with Gasteiger partial charge in [0.2, 0.25) is 0 Å². The quantitative estimate of drug-likeness (QED) is 0.843.